The molecule has 1 aromatic rings. The Hall–Kier alpha value is -2.61. The van der Waals surface area contributed by atoms with Gasteiger partial charge in [0.25, 0.3) is 0 Å². The van der Waals surface area contributed by atoms with Crippen LogP contribution in [0.25, 0.3) is 0 Å². The van der Waals surface area contributed by atoms with Crippen molar-refractivity contribution in [3.8, 4) is 0 Å². The number of esters is 1. The van der Waals surface area contributed by atoms with E-state index in [1.165, 1.54) is 18.9 Å². The lowest BCUT2D eigenvalue weighted by Gasteiger charge is -2.43. The van der Waals surface area contributed by atoms with Crippen LogP contribution in [0.4, 0.5) is 4.79 Å². The largest absolute Gasteiger partial charge is 0.426 e. The number of carbonyl (C=O) groups excluding carboxylic acids is 4. The maximum atomic E-state index is 13.1. The van der Waals surface area contributed by atoms with Crippen molar-refractivity contribution in [2.75, 3.05) is 13.8 Å². The van der Waals surface area contributed by atoms with E-state index in [9.17, 15) is 19.2 Å². The maximum Gasteiger partial charge on any atom is 0.413 e. The first-order valence-electron chi connectivity index (χ1n) is 10.8. The quantitative estimate of drug-likeness (QED) is 0.462. The zero-order valence-electron chi connectivity index (χ0n) is 19.0. The third-order valence-corrected chi connectivity index (χ3v) is 6.36. The van der Waals surface area contributed by atoms with Gasteiger partial charge in [-0.2, -0.15) is 0 Å². The normalized spacial score (nSPS) is 20.1. The van der Waals surface area contributed by atoms with Crippen molar-refractivity contribution in [2.45, 2.75) is 64.5 Å². The summed E-state index contributed by atoms with van der Waals surface area (Å²) < 4.78 is 10.3. The van der Waals surface area contributed by atoms with Crippen LogP contribution in [0.5, 0.6) is 0 Å². The molecule has 1 aliphatic rings. The molecule has 1 saturated carbocycles. The minimum Gasteiger partial charge on any atom is -0.426 e. The number of ether oxygens (including phenoxy) is 2. The van der Waals surface area contributed by atoms with Gasteiger partial charge in [0.1, 0.15) is 11.6 Å². The lowest BCUT2D eigenvalue weighted by atomic mass is 9.74. The van der Waals surface area contributed by atoms with Crippen molar-refractivity contribution in [3.63, 3.8) is 0 Å². The Morgan fingerprint density at radius 2 is 1.91 bits per heavy atom. The van der Waals surface area contributed by atoms with Crippen molar-refractivity contribution < 1.29 is 28.7 Å². The zero-order chi connectivity index (χ0) is 23.9. The Morgan fingerprint density at radius 1 is 1.22 bits per heavy atom. The number of benzene rings is 1. The number of nitrogens with zero attached hydrogens (tertiary/aromatic N) is 1. The molecule has 1 aromatic carbocycles. The van der Waals surface area contributed by atoms with E-state index in [1.54, 1.807) is 24.3 Å². The van der Waals surface area contributed by atoms with Gasteiger partial charge < -0.3 is 14.8 Å². The number of rotatable bonds is 8. The van der Waals surface area contributed by atoms with E-state index in [4.69, 9.17) is 21.1 Å². The molecule has 32 heavy (non-hydrogen) atoms. The molecule has 0 radical (unpaired) electrons. The number of hydrogen-bond acceptors (Lipinski definition) is 6. The molecule has 8 nitrogen and oxygen atoms in total. The third kappa shape index (κ3) is 5.59. The third-order valence-electron chi connectivity index (χ3n) is 6.03. The minimum absolute atomic E-state index is 0.115. The Bertz CT molecular complexity index is 861. The first kappa shape index (κ1) is 25.6. The lowest BCUT2D eigenvalue weighted by molar-refractivity contribution is -0.158. The van der Waals surface area contributed by atoms with Gasteiger partial charge in [-0.25, -0.2) is 9.59 Å². The first-order chi connectivity index (χ1) is 15.1. The van der Waals surface area contributed by atoms with E-state index in [0.29, 0.717) is 29.8 Å². The van der Waals surface area contributed by atoms with E-state index in [1.807, 2.05) is 13.8 Å². The van der Waals surface area contributed by atoms with Crippen LogP contribution in [0, 0.1) is 5.92 Å². The van der Waals surface area contributed by atoms with E-state index >= 15 is 0 Å². The molecule has 0 aliphatic heterocycles. The fraction of sp³-hybridized carbons (Fsp3) is 0.565. The number of ketones is 1. The number of carbonyl (C=O) groups is 4. The standard InChI is InChI=1S/C23H31ClN2O6/c1-5-15(2)20(25-16(3)27)21(29)31-14-32-22(30)26(4)23(13-9-8-12-19(23)28)17-10-6-7-11-18(17)24/h6-7,10-11,15,20H,5,8-9,12-14H2,1-4H3,(H,25,27)/t15?,20-,23+/m0/s1. The van der Waals surface area contributed by atoms with Crippen LogP contribution in [-0.2, 0) is 29.4 Å². The summed E-state index contributed by atoms with van der Waals surface area (Å²) in [4.78, 5) is 50.9. The second-order valence-corrected chi connectivity index (χ2v) is 8.49. The van der Waals surface area contributed by atoms with Gasteiger partial charge in [0.2, 0.25) is 12.7 Å². The molecular weight excluding hydrogens is 436 g/mol. The van der Waals surface area contributed by atoms with Crippen LogP contribution >= 0.6 is 11.6 Å². The highest BCUT2D eigenvalue weighted by Crippen LogP contribution is 2.42. The van der Waals surface area contributed by atoms with Crippen molar-refractivity contribution in [3.05, 3.63) is 34.9 Å². The number of Topliss-reactive ketones (excluding diaryl/α,β-unsaturated/α-hetero) is 1. The molecule has 1 unspecified atom stereocenters. The number of halogens is 1. The predicted molar refractivity (Wildman–Crippen MR) is 119 cm³/mol. The second-order valence-electron chi connectivity index (χ2n) is 8.08. The van der Waals surface area contributed by atoms with Gasteiger partial charge in [0.05, 0.1) is 0 Å². The molecule has 1 fully saturated rings. The summed E-state index contributed by atoms with van der Waals surface area (Å²) in [5, 5.41) is 2.95. The maximum absolute atomic E-state index is 13.1. The fourth-order valence-corrected chi connectivity index (χ4v) is 4.29. The van der Waals surface area contributed by atoms with Crippen LogP contribution in [0.1, 0.15) is 58.4 Å². The van der Waals surface area contributed by atoms with Crippen LogP contribution in [0.3, 0.4) is 0 Å². The molecule has 0 bridgehead atoms. The molecule has 2 amide bonds. The molecule has 9 heteroatoms. The number of amides is 2. The topological polar surface area (TPSA) is 102 Å². The van der Waals surface area contributed by atoms with Crippen LogP contribution < -0.4 is 5.32 Å². The molecular formula is C23H31ClN2O6. The number of hydrogen-bond donors (Lipinski definition) is 1. The molecule has 0 spiro atoms. The van der Waals surface area contributed by atoms with Gasteiger partial charge in [-0.3, -0.25) is 14.5 Å². The van der Waals surface area contributed by atoms with Crippen LogP contribution in [-0.4, -0.2) is 48.5 Å². The van der Waals surface area contributed by atoms with Gasteiger partial charge in [0.15, 0.2) is 5.78 Å². The Kier molecular flexibility index (Phi) is 9.07. The first-order valence-corrected chi connectivity index (χ1v) is 11.2. The van der Waals surface area contributed by atoms with E-state index in [0.717, 1.165) is 12.8 Å². The smallest absolute Gasteiger partial charge is 0.413 e. The molecule has 1 N–H and O–H groups in total. The van der Waals surface area contributed by atoms with Crippen molar-refractivity contribution in [1.82, 2.24) is 10.2 Å². The summed E-state index contributed by atoms with van der Waals surface area (Å²) in [7, 11) is 1.48. The monoisotopic (exact) mass is 466 g/mol. The predicted octanol–water partition coefficient (Wildman–Crippen LogP) is 3.80. The highest BCUT2D eigenvalue weighted by Gasteiger charge is 2.48. The van der Waals surface area contributed by atoms with Crippen molar-refractivity contribution in [1.29, 1.82) is 0 Å². The summed E-state index contributed by atoms with van der Waals surface area (Å²) in [5.41, 5.74) is -0.696. The Labute approximate surface area is 193 Å². The molecule has 2 rings (SSSR count). The summed E-state index contributed by atoms with van der Waals surface area (Å²) in [6.07, 6.45) is 2.06. The summed E-state index contributed by atoms with van der Waals surface area (Å²) >= 11 is 6.39. The van der Waals surface area contributed by atoms with Gasteiger partial charge in [0, 0.05) is 31.0 Å². The molecule has 176 valence electrons. The van der Waals surface area contributed by atoms with Crippen molar-refractivity contribution in [2.24, 2.45) is 5.92 Å². The van der Waals surface area contributed by atoms with Gasteiger partial charge in [-0.05, 0) is 31.2 Å². The average molecular weight is 467 g/mol. The Balaban J connectivity index is 2.12. The number of likely N-dealkylation sites (N-methyl/N-ethyl adjacent to an activating group) is 1. The van der Waals surface area contributed by atoms with Gasteiger partial charge in [-0.1, -0.05) is 50.1 Å². The SMILES string of the molecule is CCC(C)[C@H](NC(C)=O)C(=O)OCOC(=O)N(C)[C@@]1(c2ccccc2Cl)CCCCC1=O. The fourth-order valence-electron chi connectivity index (χ4n) is 4.00. The molecule has 0 saturated heterocycles. The number of nitrogens with one attached hydrogen (secondary N) is 1. The molecule has 1 aliphatic carbocycles. The van der Waals surface area contributed by atoms with Crippen LogP contribution in [0.15, 0.2) is 24.3 Å². The highest BCUT2D eigenvalue weighted by atomic mass is 35.5. The average Bonchev–Trinajstić information content (AvgIpc) is 2.77. The van der Waals surface area contributed by atoms with Gasteiger partial charge >= 0.3 is 12.1 Å². The Morgan fingerprint density at radius 3 is 2.50 bits per heavy atom. The zero-order valence-corrected chi connectivity index (χ0v) is 19.7. The summed E-state index contributed by atoms with van der Waals surface area (Å²) in [5.74, 6) is -1.33. The van der Waals surface area contributed by atoms with E-state index < -0.39 is 30.4 Å². The van der Waals surface area contributed by atoms with Crippen molar-refractivity contribution >= 4 is 35.4 Å². The van der Waals surface area contributed by atoms with E-state index in [-0.39, 0.29) is 17.6 Å². The molecule has 3 atom stereocenters. The minimum atomic E-state index is -1.24. The summed E-state index contributed by atoms with van der Waals surface area (Å²) in [6, 6.07) is 6.09. The molecule has 0 heterocycles. The summed E-state index contributed by atoms with van der Waals surface area (Å²) in [6.45, 7) is 4.37. The molecule has 0 aromatic heterocycles. The second kappa shape index (κ2) is 11.3. The van der Waals surface area contributed by atoms with E-state index in [2.05, 4.69) is 5.32 Å². The van der Waals surface area contributed by atoms with Gasteiger partial charge in [-0.15, -0.1) is 0 Å². The highest BCUT2D eigenvalue weighted by molar-refractivity contribution is 6.31. The van der Waals surface area contributed by atoms with Crippen LogP contribution in [0.2, 0.25) is 5.02 Å². The lowest BCUT2D eigenvalue weighted by Crippen LogP contribution is -2.54.